The Balaban J connectivity index is 3.15. The van der Waals surface area contributed by atoms with Crippen LogP contribution in [0.3, 0.4) is 0 Å². The zero-order valence-electron chi connectivity index (χ0n) is 9.86. The number of halogens is 1. The van der Waals surface area contributed by atoms with E-state index in [0.29, 0.717) is 0 Å². The number of methoxy groups -OCH3 is 1. The summed E-state index contributed by atoms with van der Waals surface area (Å²) in [6, 6.07) is 3.53. The largest absolute Gasteiger partial charge is 0.465 e. The van der Waals surface area contributed by atoms with Gasteiger partial charge in [-0.3, -0.25) is 4.79 Å². The molecule has 0 saturated carbocycles. The van der Waals surface area contributed by atoms with Crippen LogP contribution in [-0.4, -0.2) is 31.4 Å². The molecule has 5 nitrogen and oxygen atoms in total. The van der Waals surface area contributed by atoms with Crippen molar-refractivity contribution in [1.29, 1.82) is 0 Å². The van der Waals surface area contributed by atoms with Crippen molar-refractivity contribution in [3.8, 4) is 0 Å². The van der Waals surface area contributed by atoms with Crippen LogP contribution in [0.2, 0.25) is 0 Å². The summed E-state index contributed by atoms with van der Waals surface area (Å²) in [7, 11) is 1.08. The number of esters is 2. The first-order chi connectivity index (χ1) is 8.52. The molecule has 0 aliphatic carbocycles. The SMILES string of the molecule is CCOC(=O)C(=O)c1cccc(C(=O)OC)c1F. The lowest BCUT2D eigenvalue weighted by atomic mass is 10.1. The maximum Gasteiger partial charge on any atom is 0.379 e. The molecule has 0 aromatic heterocycles. The van der Waals surface area contributed by atoms with Gasteiger partial charge in [-0.05, 0) is 19.1 Å². The Labute approximate surface area is 102 Å². The molecule has 0 bridgehead atoms. The molecule has 0 fully saturated rings. The molecule has 1 aromatic rings. The van der Waals surface area contributed by atoms with Gasteiger partial charge < -0.3 is 9.47 Å². The van der Waals surface area contributed by atoms with Crippen molar-refractivity contribution in [2.45, 2.75) is 6.92 Å². The summed E-state index contributed by atoms with van der Waals surface area (Å²) in [4.78, 5) is 34.0. The Kier molecular flexibility index (Phi) is 4.53. The molecule has 0 unspecified atom stereocenters. The highest BCUT2D eigenvalue weighted by atomic mass is 19.1. The van der Waals surface area contributed by atoms with Crippen molar-refractivity contribution in [2.75, 3.05) is 13.7 Å². The average molecular weight is 254 g/mol. The van der Waals surface area contributed by atoms with Crippen LogP contribution in [0.25, 0.3) is 0 Å². The predicted octanol–water partition coefficient (Wildman–Crippen LogP) is 1.36. The molecule has 0 aliphatic heterocycles. The van der Waals surface area contributed by atoms with Crippen molar-refractivity contribution in [3.05, 3.63) is 35.1 Å². The third-order valence-electron chi connectivity index (χ3n) is 2.11. The second-order valence-electron chi connectivity index (χ2n) is 3.21. The van der Waals surface area contributed by atoms with Crippen LogP contribution in [0.1, 0.15) is 27.6 Å². The third-order valence-corrected chi connectivity index (χ3v) is 2.11. The summed E-state index contributed by atoms with van der Waals surface area (Å²) in [6.07, 6.45) is 0. The zero-order valence-corrected chi connectivity index (χ0v) is 9.86. The number of rotatable bonds is 4. The van der Waals surface area contributed by atoms with E-state index in [1.165, 1.54) is 13.0 Å². The third kappa shape index (κ3) is 2.71. The molecule has 6 heteroatoms. The van der Waals surface area contributed by atoms with Crippen LogP contribution in [0, 0.1) is 5.82 Å². The normalized spacial score (nSPS) is 9.72. The van der Waals surface area contributed by atoms with Crippen LogP contribution in [0.5, 0.6) is 0 Å². The Morgan fingerprint density at radius 1 is 1.22 bits per heavy atom. The van der Waals surface area contributed by atoms with Gasteiger partial charge in [0.1, 0.15) is 5.82 Å². The lowest BCUT2D eigenvalue weighted by molar-refractivity contribution is -0.137. The summed E-state index contributed by atoms with van der Waals surface area (Å²) >= 11 is 0. The first-order valence-electron chi connectivity index (χ1n) is 5.11. The van der Waals surface area contributed by atoms with E-state index in [1.54, 1.807) is 0 Å². The quantitative estimate of drug-likeness (QED) is 0.461. The van der Waals surface area contributed by atoms with Crippen LogP contribution >= 0.6 is 0 Å². The smallest absolute Gasteiger partial charge is 0.379 e. The molecule has 1 rings (SSSR count). The molecular formula is C12H11FO5. The van der Waals surface area contributed by atoms with Gasteiger partial charge in [0.05, 0.1) is 24.8 Å². The molecule has 0 spiro atoms. The van der Waals surface area contributed by atoms with Crippen LogP contribution in [-0.2, 0) is 14.3 Å². The van der Waals surface area contributed by atoms with Gasteiger partial charge >= 0.3 is 11.9 Å². The second-order valence-corrected chi connectivity index (χ2v) is 3.21. The van der Waals surface area contributed by atoms with Gasteiger partial charge in [0.2, 0.25) is 0 Å². The summed E-state index contributed by atoms with van der Waals surface area (Å²) in [5.41, 5.74) is -0.927. The Bertz CT molecular complexity index is 495. The highest BCUT2D eigenvalue weighted by molar-refractivity contribution is 6.40. The number of hydrogen-bond donors (Lipinski definition) is 0. The predicted molar refractivity (Wildman–Crippen MR) is 58.7 cm³/mol. The monoisotopic (exact) mass is 254 g/mol. The van der Waals surface area contributed by atoms with E-state index in [4.69, 9.17) is 0 Å². The first kappa shape index (κ1) is 13.8. The van der Waals surface area contributed by atoms with Gasteiger partial charge in [0, 0.05) is 0 Å². The number of hydrogen-bond acceptors (Lipinski definition) is 5. The minimum Gasteiger partial charge on any atom is -0.465 e. The van der Waals surface area contributed by atoms with Crippen molar-refractivity contribution in [1.82, 2.24) is 0 Å². The highest BCUT2D eigenvalue weighted by Crippen LogP contribution is 2.15. The average Bonchev–Trinajstić information content (AvgIpc) is 2.37. The lowest BCUT2D eigenvalue weighted by Crippen LogP contribution is -2.20. The maximum atomic E-state index is 13.8. The molecule has 0 radical (unpaired) electrons. The molecule has 0 N–H and O–H groups in total. The number of carbonyl (C=O) groups is 3. The molecule has 0 saturated heterocycles. The summed E-state index contributed by atoms with van der Waals surface area (Å²) in [5, 5.41) is 0. The van der Waals surface area contributed by atoms with E-state index < -0.39 is 34.7 Å². The van der Waals surface area contributed by atoms with Gasteiger partial charge in [-0.15, -0.1) is 0 Å². The van der Waals surface area contributed by atoms with Gasteiger partial charge in [-0.1, -0.05) is 6.07 Å². The van der Waals surface area contributed by atoms with Crippen molar-refractivity contribution < 1.29 is 28.2 Å². The number of carbonyl (C=O) groups excluding carboxylic acids is 3. The molecular weight excluding hydrogens is 243 g/mol. The molecule has 0 amide bonds. The van der Waals surface area contributed by atoms with Gasteiger partial charge in [0.25, 0.3) is 5.78 Å². The second kappa shape index (κ2) is 5.90. The molecule has 1 aromatic carbocycles. The molecule has 96 valence electrons. The fourth-order valence-electron chi connectivity index (χ4n) is 1.28. The summed E-state index contributed by atoms with van der Waals surface area (Å²) < 4.78 is 22.7. The Morgan fingerprint density at radius 3 is 2.39 bits per heavy atom. The van der Waals surface area contributed by atoms with E-state index in [0.717, 1.165) is 19.2 Å². The van der Waals surface area contributed by atoms with Crippen molar-refractivity contribution in [2.24, 2.45) is 0 Å². The van der Waals surface area contributed by atoms with Crippen LogP contribution < -0.4 is 0 Å². The molecule has 0 heterocycles. The van der Waals surface area contributed by atoms with E-state index in [2.05, 4.69) is 9.47 Å². The zero-order chi connectivity index (χ0) is 13.7. The standard InChI is InChI=1S/C12H11FO5/c1-3-18-12(16)10(14)7-5-4-6-8(9(7)13)11(15)17-2/h4-6H,3H2,1-2H3. The maximum absolute atomic E-state index is 13.8. The molecule has 0 atom stereocenters. The minimum absolute atomic E-state index is 0.00286. The number of ketones is 1. The fraction of sp³-hybridized carbons (Fsp3) is 0.250. The fourth-order valence-corrected chi connectivity index (χ4v) is 1.28. The number of ether oxygens (including phenoxy) is 2. The van der Waals surface area contributed by atoms with Gasteiger partial charge in [-0.2, -0.15) is 0 Å². The Hall–Kier alpha value is -2.24. The highest BCUT2D eigenvalue weighted by Gasteiger charge is 2.24. The van der Waals surface area contributed by atoms with E-state index in [1.807, 2.05) is 0 Å². The molecule has 0 aliphatic rings. The minimum atomic E-state index is -1.17. The van der Waals surface area contributed by atoms with Gasteiger partial charge in [0.15, 0.2) is 0 Å². The van der Waals surface area contributed by atoms with Crippen molar-refractivity contribution >= 4 is 17.7 Å². The Morgan fingerprint density at radius 2 is 1.83 bits per heavy atom. The summed E-state index contributed by atoms with van der Waals surface area (Å²) in [6.45, 7) is 1.52. The van der Waals surface area contributed by atoms with E-state index >= 15 is 0 Å². The topological polar surface area (TPSA) is 69.7 Å². The van der Waals surface area contributed by atoms with Crippen molar-refractivity contribution in [3.63, 3.8) is 0 Å². The van der Waals surface area contributed by atoms with Crippen LogP contribution in [0.15, 0.2) is 18.2 Å². The van der Waals surface area contributed by atoms with Gasteiger partial charge in [-0.25, -0.2) is 14.0 Å². The molecule has 18 heavy (non-hydrogen) atoms. The lowest BCUT2D eigenvalue weighted by Gasteiger charge is -2.05. The summed E-state index contributed by atoms with van der Waals surface area (Å²) in [5.74, 6) is -4.33. The van der Waals surface area contributed by atoms with E-state index in [-0.39, 0.29) is 6.61 Å². The number of benzene rings is 1. The van der Waals surface area contributed by atoms with Crippen LogP contribution in [0.4, 0.5) is 4.39 Å². The number of Topliss-reactive ketones (excluding diaryl/α,β-unsaturated/α-hetero) is 1. The first-order valence-corrected chi connectivity index (χ1v) is 5.11. The van der Waals surface area contributed by atoms with E-state index in [9.17, 15) is 18.8 Å².